The maximum absolute atomic E-state index is 15.0. The molecule has 3 heterocycles. The smallest absolute Gasteiger partial charge is 0.229 e. The summed E-state index contributed by atoms with van der Waals surface area (Å²) in [5.41, 5.74) is 10.4. The van der Waals surface area contributed by atoms with Crippen molar-refractivity contribution in [2.75, 3.05) is 5.32 Å². The lowest BCUT2D eigenvalue weighted by molar-refractivity contribution is 0.0654. The molecular weight excluding hydrogens is 474 g/mol. The summed E-state index contributed by atoms with van der Waals surface area (Å²) < 4.78 is 37.1. The number of hydrogen-bond acceptors (Lipinski definition) is 6. The van der Waals surface area contributed by atoms with Gasteiger partial charge in [0.25, 0.3) is 0 Å². The summed E-state index contributed by atoms with van der Waals surface area (Å²) in [6, 6.07) is 7.88. The molecule has 37 heavy (non-hydrogen) atoms. The van der Waals surface area contributed by atoms with Crippen molar-refractivity contribution in [3.63, 3.8) is 0 Å². The fourth-order valence-electron chi connectivity index (χ4n) is 4.84. The zero-order chi connectivity index (χ0) is 26.1. The van der Waals surface area contributed by atoms with E-state index in [4.69, 9.17) is 10.5 Å². The first kappa shape index (κ1) is 25.0. The maximum Gasteiger partial charge on any atom is 0.229 e. The molecule has 1 aliphatic rings. The van der Waals surface area contributed by atoms with E-state index in [1.807, 2.05) is 19.9 Å². The molecule has 2 atom stereocenters. The Morgan fingerprint density at radius 3 is 2.68 bits per heavy atom. The van der Waals surface area contributed by atoms with E-state index in [0.717, 1.165) is 24.1 Å². The van der Waals surface area contributed by atoms with Crippen molar-refractivity contribution >= 4 is 17.2 Å². The molecule has 7 nitrogen and oxygen atoms in total. The number of fused-ring (bicyclic) bond motifs is 1. The normalized spacial score (nSPS) is 17.9. The molecule has 0 saturated heterocycles. The van der Waals surface area contributed by atoms with Crippen LogP contribution in [0.25, 0.3) is 16.8 Å². The van der Waals surface area contributed by atoms with Crippen LogP contribution >= 0.6 is 0 Å². The van der Waals surface area contributed by atoms with Gasteiger partial charge in [-0.1, -0.05) is 11.6 Å². The number of ether oxygens (including phenoxy) is 1. The summed E-state index contributed by atoms with van der Waals surface area (Å²) >= 11 is 0. The van der Waals surface area contributed by atoms with E-state index in [9.17, 15) is 0 Å². The Bertz CT molecular complexity index is 1440. The van der Waals surface area contributed by atoms with Gasteiger partial charge in [0.15, 0.2) is 0 Å². The van der Waals surface area contributed by atoms with Crippen molar-refractivity contribution in [3.05, 3.63) is 83.3 Å². The number of halogens is 2. The number of pyridine rings is 1. The van der Waals surface area contributed by atoms with Crippen LogP contribution in [0.15, 0.2) is 60.6 Å². The Morgan fingerprint density at radius 2 is 1.95 bits per heavy atom. The van der Waals surface area contributed by atoms with Crippen LogP contribution < -0.4 is 11.1 Å². The number of rotatable bonds is 7. The van der Waals surface area contributed by atoms with Crippen molar-refractivity contribution < 1.29 is 13.5 Å². The minimum Gasteiger partial charge on any atom is -0.374 e. The zero-order valence-electron chi connectivity index (χ0n) is 21.1. The molecule has 3 aromatic heterocycles. The average molecular weight is 505 g/mol. The number of allylic oxidation sites excluding steroid dienone is 1. The lowest BCUT2D eigenvalue weighted by Crippen LogP contribution is -2.25. The number of nitrogens with two attached hydrogens (primary N) is 1. The Balaban J connectivity index is 1.47. The van der Waals surface area contributed by atoms with Crippen LogP contribution in [-0.2, 0) is 11.3 Å². The molecule has 4 aromatic rings. The molecule has 5 rings (SSSR count). The molecule has 0 fully saturated rings. The Hall–Kier alpha value is -3.69. The number of imidazole rings is 1. The van der Waals surface area contributed by atoms with E-state index in [0.29, 0.717) is 17.0 Å². The molecule has 192 valence electrons. The minimum atomic E-state index is -0.699. The largest absolute Gasteiger partial charge is 0.374 e. The van der Waals surface area contributed by atoms with Crippen LogP contribution in [0.5, 0.6) is 0 Å². The highest BCUT2D eigenvalue weighted by atomic mass is 19.1. The van der Waals surface area contributed by atoms with E-state index in [2.05, 4.69) is 33.4 Å². The van der Waals surface area contributed by atoms with Crippen LogP contribution in [0.3, 0.4) is 0 Å². The first-order valence-electron chi connectivity index (χ1n) is 12.4. The van der Waals surface area contributed by atoms with Gasteiger partial charge in [-0.05, 0) is 81.0 Å². The van der Waals surface area contributed by atoms with Gasteiger partial charge >= 0.3 is 0 Å². The van der Waals surface area contributed by atoms with Gasteiger partial charge < -0.3 is 15.8 Å². The highest BCUT2D eigenvalue weighted by molar-refractivity contribution is 5.66. The second kappa shape index (κ2) is 10.4. The van der Waals surface area contributed by atoms with Crippen LogP contribution in [0.1, 0.15) is 50.7 Å². The third-order valence-corrected chi connectivity index (χ3v) is 6.49. The number of benzene rings is 1. The van der Waals surface area contributed by atoms with Crippen LogP contribution in [0, 0.1) is 11.6 Å². The second-order valence-electron chi connectivity index (χ2n) is 9.83. The van der Waals surface area contributed by atoms with Crippen LogP contribution in [-0.4, -0.2) is 31.7 Å². The molecule has 0 unspecified atom stereocenters. The fourth-order valence-corrected chi connectivity index (χ4v) is 4.84. The molecule has 0 spiro atoms. The summed E-state index contributed by atoms with van der Waals surface area (Å²) in [6.45, 7) is 5.96. The molecule has 9 heteroatoms. The first-order valence-corrected chi connectivity index (χ1v) is 12.4. The number of hydrogen-bond donors (Lipinski definition) is 2. The molecule has 3 N–H and O–H groups in total. The molecular formula is C28H30F2N6O. The molecule has 0 bridgehead atoms. The van der Waals surface area contributed by atoms with Gasteiger partial charge in [-0.2, -0.15) is 9.61 Å². The first-order chi connectivity index (χ1) is 17.8. The summed E-state index contributed by atoms with van der Waals surface area (Å²) in [6.07, 6.45) is 8.97. The quantitative estimate of drug-likeness (QED) is 0.305. The van der Waals surface area contributed by atoms with Gasteiger partial charge in [0.2, 0.25) is 5.95 Å². The van der Waals surface area contributed by atoms with Gasteiger partial charge in [0.1, 0.15) is 11.6 Å². The molecule has 0 amide bonds. The van der Waals surface area contributed by atoms with Crippen molar-refractivity contribution in [1.82, 2.24) is 19.6 Å². The van der Waals surface area contributed by atoms with Crippen molar-refractivity contribution in [1.29, 1.82) is 0 Å². The lowest BCUT2D eigenvalue weighted by atomic mass is 9.82. The monoisotopic (exact) mass is 504 g/mol. The van der Waals surface area contributed by atoms with Gasteiger partial charge in [0.05, 0.1) is 47.6 Å². The number of anilines is 2. The average Bonchev–Trinajstić information content (AvgIpc) is 3.24. The van der Waals surface area contributed by atoms with Gasteiger partial charge in [-0.15, -0.1) is 0 Å². The zero-order valence-corrected chi connectivity index (χ0v) is 21.1. The Kier molecular flexibility index (Phi) is 6.99. The SMILES string of the molecule is CC1=C[C@H](N)C[C@H](c2ccncc2Nc2ncc3ccc(-c4c(F)cc(COC(C)C)cc4F)nn23)C1. The van der Waals surface area contributed by atoms with Crippen molar-refractivity contribution in [2.45, 2.75) is 58.3 Å². The third-order valence-electron chi connectivity index (χ3n) is 6.49. The summed E-state index contributed by atoms with van der Waals surface area (Å²) in [4.78, 5) is 8.75. The topological polar surface area (TPSA) is 90.4 Å². The van der Waals surface area contributed by atoms with Crippen LogP contribution in [0.4, 0.5) is 20.4 Å². The summed E-state index contributed by atoms with van der Waals surface area (Å²) in [7, 11) is 0. The van der Waals surface area contributed by atoms with E-state index >= 15 is 8.78 Å². The molecule has 1 aromatic carbocycles. The predicted molar refractivity (Wildman–Crippen MR) is 139 cm³/mol. The minimum absolute atomic E-state index is 0.00404. The number of nitrogens with one attached hydrogen (secondary N) is 1. The van der Waals surface area contributed by atoms with Crippen molar-refractivity contribution in [2.24, 2.45) is 5.73 Å². The molecule has 0 radical (unpaired) electrons. The molecule has 0 saturated carbocycles. The highest BCUT2D eigenvalue weighted by Crippen LogP contribution is 2.36. The van der Waals surface area contributed by atoms with Gasteiger partial charge in [0, 0.05) is 12.2 Å². The maximum atomic E-state index is 15.0. The predicted octanol–water partition coefficient (Wildman–Crippen LogP) is 5.89. The van der Waals surface area contributed by atoms with E-state index in [1.54, 1.807) is 35.2 Å². The van der Waals surface area contributed by atoms with E-state index in [1.165, 1.54) is 17.7 Å². The van der Waals surface area contributed by atoms with E-state index < -0.39 is 11.6 Å². The number of aromatic nitrogens is 4. The molecule has 0 aliphatic heterocycles. The van der Waals surface area contributed by atoms with Gasteiger partial charge in [-0.25, -0.2) is 13.8 Å². The highest BCUT2D eigenvalue weighted by Gasteiger charge is 2.23. The summed E-state index contributed by atoms with van der Waals surface area (Å²) in [5.74, 6) is -0.742. The Morgan fingerprint density at radius 1 is 1.16 bits per heavy atom. The van der Waals surface area contributed by atoms with Gasteiger partial charge in [-0.3, -0.25) is 4.98 Å². The lowest BCUT2D eigenvalue weighted by Gasteiger charge is -2.27. The Labute approximate surface area is 214 Å². The van der Waals surface area contributed by atoms with E-state index in [-0.39, 0.29) is 35.9 Å². The second-order valence-corrected chi connectivity index (χ2v) is 9.83. The number of nitrogens with zero attached hydrogens (tertiary/aromatic N) is 4. The molecule has 1 aliphatic carbocycles. The summed E-state index contributed by atoms with van der Waals surface area (Å²) in [5, 5.41) is 7.85. The van der Waals surface area contributed by atoms with Crippen molar-refractivity contribution in [3.8, 4) is 11.3 Å². The van der Waals surface area contributed by atoms with Crippen LogP contribution in [0.2, 0.25) is 0 Å². The fraction of sp³-hybridized carbons (Fsp3) is 0.321. The third kappa shape index (κ3) is 5.38. The standard InChI is InChI=1S/C28H30F2N6O/c1-16(2)37-15-18-10-23(29)27(24(30)11-18)25-5-4-21-13-33-28(36(21)35-25)34-26-14-32-7-6-22(26)19-8-17(3)9-20(31)12-19/h4-7,9-11,13-14,16,19-20H,8,12,15,31H2,1-3H3,(H,33,34)/t19-,20+/m1/s1.